The first-order valence-corrected chi connectivity index (χ1v) is 8.85. The maximum absolute atomic E-state index is 3.79. The molecular weight excluding hydrogens is 258 g/mol. The van der Waals surface area contributed by atoms with Crippen LogP contribution in [-0.2, 0) is 0 Å². The first-order chi connectivity index (χ1) is 9.71. The van der Waals surface area contributed by atoms with Gasteiger partial charge in [0.05, 0.1) is 0 Å². The van der Waals surface area contributed by atoms with Crippen molar-refractivity contribution >= 4 is 0 Å². The summed E-state index contributed by atoms with van der Waals surface area (Å²) in [5.41, 5.74) is 0.758. The first-order valence-electron chi connectivity index (χ1n) is 8.85. The summed E-state index contributed by atoms with van der Waals surface area (Å²) < 4.78 is 0. The molecule has 2 aliphatic rings. The third-order valence-electron chi connectivity index (χ3n) is 5.53. The smallest absolute Gasteiger partial charge is 0.0254 e. The molecular formula is C18H37N3. The fourth-order valence-electron chi connectivity index (χ4n) is 4.29. The molecule has 124 valence electrons. The Kier molecular flexibility index (Phi) is 5.38. The second-order valence-electron chi connectivity index (χ2n) is 9.01. The molecule has 0 bridgehead atoms. The molecule has 1 N–H and O–H groups in total. The van der Waals surface area contributed by atoms with Gasteiger partial charge in [0.15, 0.2) is 0 Å². The predicted octanol–water partition coefficient (Wildman–Crippen LogP) is 2.82. The maximum atomic E-state index is 3.79. The van der Waals surface area contributed by atoms with Gasteiger partial charge in [0.25, 0.3) is 0 Å². The SMILES string of the molecule is CC1CN(CC2(CNC(C)(C)C)CCCC2)CC1N(C)C. The van der Waals surface area contributed by atoms with E-state index in [1.54, 1.807) is 0 Å². The third-order valence-corrected chi connectivity index (χ3v) is 5.53. The van der Waals surface area contributed by atoms with Crippen LogP contribution >= 0.6 is 0 Å². The highest BCUT2D eigenvalue weighted by Crippen LogP contribution is 2.39. The van der Waals surface area contributed by atoms with Crippen LogP contribution in [-0.4, -0.2) is 61.7 Å². The average molecular weight is 296 g/mol. The maximum Gasteiger partial charge on any atom is 0.0254 e. The molecule has 0 spiro atoms. The van der Waals surface area contributed by atoms with Crippen molar-refractivity contribution in [3.63, 3.8) is 0 Å². The number of rotatable bonds is 5. The summed E-state index contributed by atoms with van der Waals surface area (Å²) in [5.74, 6) is 0.800. The molecule has 1 aliphatic carbocycles. The van der Waals surface area contributed by atoms with Gasteiger partial charge >= 0.3 is 0 Å². The van der Waals surface area contributed by atoms with E-state index in [4.69, 9.17) is 0 Å². The van der Waals surface area contributed by atoms with E-state index in [1.165, 1.54) is 51.9 Å². The third kappa shape index (κ3) is 4.67. The zero-order valence-electron chi connectivity index (χ0n) is 15.2. The lowest BCUT2D eigenvalue weighted by atomic mass is 9.84. The van der Waals surface area contributed by atoms with E-state index in [1.807, 2.05) is 0 Å². The van der Waals surface area contributed by atoms with Gasteiger partial charge in [0.2, 0.25) is 0 Å². The summed E-state index contributed by atoms with van der Waals surface area (Å²) in [6.45, 7) is 14.3. The standard InChI is InChI=1S/C18H37N3/c1-15-11-21(12-16(15)20(5)6)14-18(9-7-8-10-18)13-19-17(2,3)4/h15-16,19H,7-14H2,1-6H3. The Balaban J connectivity index is 1.94. The molecule has 2 atom stereocenters. The number of likely N-dealkylation sites (N-methyl/N-ethyl adjacent to an activating group) is 1. The lowest BCUT2D eigenvalue weighted by Crippen LogP contribution is -2.47. The zero-order valence-corrected chi connectivity index (χ0v) is 15.2. The van der Waals surface area contributed by atoms with Crippen LogP contribution in [0.1, 0.15) is 53.4 Å². The molecule has 1 aliphatic heterocycles. The van der Waals surface area contributed by atoms with E-state index in [-0.39, 0.29) is 5.54 Å². The van der Waals surface area contributed by atoms with Gasteiger partial charge in [-0.2, -0.15) is 0 Å². The van der Waals surface area contributed by atoms with Crippen molar-refractivity contribution in [1.82, 2.24) is 15.1 Å². The molecule has 1 heterocycles. The van der Waals surface area contributed by atoms with Crippen LogP contribution < -0.4 is 5.32 Å². The van der Waals surface area contributed by atoms with Crippen molar-refractivity contribution in [2.45, 2.75) is 65.0 Å². The summed E-state index contributed by atoms with van der Waals surface area (Å²) in [5, 5.41) is 3.79. The highest BCUT2D eigenvalue weighted by Gasteiger charge is 2.39. The molecule has 0 aromatic rings. The summed E-state index contributed by atoms with van der Waals surface area (Å²) in [7, 11) is 4.47. The van der Waals surface area contributed by atoms with E-state index in [9.17, 15) is 0 Å². The van der Waals surface area contributed by atoms with Crippen LogP contribution in [0.3, 0.4) is 0 Å². The number of hydrogen-bond donors (Lipinski definition) is 1. The molecule has 2 fully saturated rings. The molecule has 3 nitrogen and oxygen atoms in total. The normalized spacial score (nSPS) is 30.4. The van der Waals surface area contributed by atoms with Crippen molar-refractivity contribution in [1.29, 1.82) is 0 Å². The minimum Gasteiger partial charge on any atom is -0.311 e. The van der Waals surface area contributed by atoms with Gasteiger partial charge in [-0.15, -0.1) is 0 Å². The van der Waals surface area contributed by atoms with E-state index >= 15 is 0 Å². The number of nitrogens with one attached hydrogen (secondary N) is 1. The second-order valence-corrected chi connectivity index (χ2v) is 9.01. The minimum atomic E-state index is 0.236. The average Bonchev–Trinajstić information content (AvgIpc) is 2.94. The molecule has 0 radical (unpaired) electrons. The van der Waals surface area contributed by atoms with Gasteiger partial charge in [-0.1, -0.05) is 19.8 Å². The van der Waals surface area contributed by atoms with Crippen LogP contribution in [0, 0.1) is 11.3 Å². The second kappa shape index (κ2) is 6.55. The van der Waals surface area contributed by atoms with Gasteiger partial charge in [-0.05, 0) is 59.0 Å². The lowest BCUT2D eigenvalue weighted by Gasteiger charge is -2.37. The van der Waals surface area contributed by atoms with Gasteiger partial charge in [-0.3, -0.25) is 0 Å². The van der Waals surface area contributed by atoms with Crippen LogP contribution in [0.25, 0.3) is 0 Å². The van der Waals surface area contributed by atoms with Gasteiger partial charge in [0.1, 0.15) is 0 Å². The highest BCUT2D eigenvalue weighted by atomic mass is 15.2. The molecule has 1 saturated heterocycles. The Hall–Kier alpha value is -0.120. The zero-order chi connectivity index (χ0) is 15.7. The van der Waals surface area contributed by atoms with Crippen molar-refractivity contribution in [2.75, 3.05) is 40.3 Å². The number of likely N-dealkylation sites (tertiary alicyclic amines) is 1. The topological polar surface area (TPSA) is 18.5 Å². The predicted molar refractivity (Wildman–Crippen MR) is 91.7 cm³/mol. The fraction of sp³-hybridized carbons (Fsp3) is 1.00. The van der Waals surface area contributed by atoms with Crippen molar-refractivity contribution in [3.05, 3.63) is 0 Å². The summed E-state index contributed by atoms with van der Waals surface area (Å²) in [6.07, 6.45) is 5.67. The lowest BCUT2D eigenvalue weighted by molar-refractivity contribution is 0.152. The molecule has 1 saturated carbocycles. The number of nitrogens with zero attached hydrogens (tertiary/aromatic N) is 2. The van der Waals surface area contributed by atoms with Gasteiger partial charge in [-0.25, -0.2) is 0 Å². The van der Waals surface area contributed by atoms with Crippen LogP contribution in [0.15, 0.2) is 0 Å². The van der Waals surface area contributed by atoms with E-state index in [0.717, 1.165) is 12.0 Å². The Bertz CT molecular complexity index is 326. The molecule has 21 heavy (non-hydrogen) atoms. The van der Waals surface area contributed by atoms with Crippen LogP contribution in [0.4, 0.5) is 0 Å². The first kappa shape index (κ1) is 17.2. The van der Waals surface area contributed by atoms with Gasteiger partial charge in [0, 0.05) is 37.8 Å². The van der Waals surface area contributed by atoms with Crippen LogP contribution in [0.2, 0.25) is 0 Å². The van der Waals surface area contributed by atoms with E-state index in [2.05, 4.69) is 56.9 Å². The van der Waals surface area contributed by atoms with Crippen molar-refractivity contribution < 1.29 is 0 Å². The van der Waals surface area contributed by atoms with Crippen LogP contribution in [0.5, 0.6) is 0 Å². The Morgan fingerprint density at radius 3 is 2.24 bits per heavy atom. The van der Waals surface area contributed by atoms with Crippen molar-refractivity contribution in [2.24, 2.45) is 11.3 Å². The molecule has 3 heteroatoms. The van der Waals surface area contributed by atoms with E-state index < -0.39 is 0 Å². The Morgan fingerprint density at radius 1 is 1.14 bits per heavy atom. The largest absolute Gasteiger partial charge is 0.311 e. The Morgan fingerprint density at radius 2 is 1.76 bits per heavy atom. The molecule has 0 aromatic carbocycles. The summed E-state index contributed by atoms with van der Waals surface area (Å²) in [6, 6.07) is 0.735. The van der Waals surface area contributed by atoms with Crippen molar-refractivity contribution in [3.8, 4) is 0 Å². The van der Waals surface area contributed by atoms with E-state index in [0.29, 0.717) is 5.41 Å². The summed E-state index contributed by atoms with van der Waals surface area (Å²) in [4.78, 5) is 5.16. The fourth-order valence-corrected chi connectivity index (χ4v) is 4.29. The number of hydrogen-bond acceptors (Lipinski definition) is 3. The quantitative estimate of drug-likeness (QED) is 0.841. The minimum absolute atomic E-state index is 0.236. The molecule has 0 amide bonds. The Labute approximate surface area is 132 Å². The molecule has 2 rings (SSSR count). The summed E-state index contributed by atoms with van der Waals surface area (Å²) >= 11 is 0. The molecule has 0 aromatic heterocycles. The molecule has 2 unspecified atom stereocenters. The monoisotopic (exact) mass is 295 g/mol. The highest BCUT2D eigenvalue weighted by molar-refractivity contribution is 4.95. The van der Waals surface area contributed by atoms with Gasteiger partial charge < -0.3 is 15.1 Å².